The highest BCUT2D eigenvalue weighted by molar-refractivity contribution is 5.80. The molecule has 0 bridgehead atoms. The average molecular weight is 261 g/mol. The Kier molecular flexibility index (Phi) is 4.24. The van der Waals surface area contributed by atoms with Crippen LogP contribution in [0.5, 0.6) is 0 Å². The highest BCUT2D eigenvalue weighted by atomic mass is 15.2. The molecular weight excluding hydrogens is 238 g/mol. The first-order valence-corrected chi connectivity index (χ1v) is 6.70. The number of aliphatic imine (C=N–C) groups is 1. The molecule has 19 heavy (non-hydrogen) atoms. The Morgan fingerprint density at radius 3 is 2.79 bits per heavy atom. The molecule has 0 saturated heterocycles. The van der Waals surface area contributed by atoms with Crippen LogP contribution in [0.2, 0.25) is 0 Å². The van der Waals surface area contributed by atoms with Gasteiger partial charge in [-0.3, -0.25) is 4.99 Å². The summed E-state index contributed by atoms with van der Waals surface area (Å²) >= 11 is 0. The minimum atomic E-state index is 0.576. The predicted molar refractivity (Wildman–Crippen MR) is 79.5 cm³/mol. The third-order valence-electron chi connectivity index (χ3n) is 3.34. The smallest absolute Gasteiger partial charge is 0.191 e. The third kappa shape index (κ3) is 3.84. The van der Waals surface area contributed by atoms with Crippen LogP contribution >= 0.6 is 0 Å². The average Bonchev–Trinajstić information content (AvgIpc) is 3.10. The molecule has 2 atom stereocenters. The molecule has 2 rings (SSSR count). The maximum atomic E-state index is 4.57. The van der Waals surface area contributed by atoms with E-state index < -0.39 is 0 Å². The van der Waals surface area contributed by atoms with E-state index in [0.717, 1.165) is 23.4 Å². The summed E-state index contributed by atoms with van der Waals surface area (Å²) < 4.78 is 0. The molecule has 1 heterocycles. The van der Waals surface area contributed by atoms with Gasteiger partial charge >= 0.3 is 0 Å². The molecule has 2 unspecified atom stereocenters. The zero-order valence-corrected chi connectivity index (χ0v) is 12.1. The van der Waals surface area contributed by atoms with E-state index in [-0.39, 0.29) is 0 Å². The summed E-state index contributed by atoms with van der Waals surface area (Å²) in [4.78, 5) is 10.8. The number of anilines is 1. The number of rotatable bonds is 4. The summed E-state index contributed by atoms with van der Waals surface area (Å²) in [6.07, 6.45) is 1.23. The first-order valence-electron chi connectivity index (χ1n) is 6.70. The number of hydrogen-bond donors (Lipinski definition) is 2. The van der Waals surface area contributed by atoms with Crippen LogP contribution in [-0.2, 0) is 6.54 Å². The van der Waals surface area contributed by atoms with Gasteiger partial charge in [-0.25, -0.2) is 4.98 Å². The molecule has 1 aliphatic rings. The quantitative estimate of drug-likeness (QED) is 0.632. The molecular formula is C14H23N5. The number of nitrogens with zero attached hydrogens (tertiary/aromatic N) is 3. The highest BCUT2D eigenvalue weighted by Crippen LogP contribution is 2.28. The molecule has 5 heteroatoms. The fraction of sp³-hybridized carbons (Fsp3) is 0.571. The van der Waals surface area contributed by atoms with Crippen molar-refractivity contribution in [1.82, 2.24) is 15.6 Å². The molecule has 1 aliphatic carbocycles. The molecule has 2 N–H and O–H groups in total. The minimum absolute atomic E-state index is 0.576. The van der Waals surface area contributed by atoms with Crippen LogP contribution in [0.15, 0.2) is 23.2 Å². The fourth-order valence-electron chi connectivity index (χ4n) is 1.88. The van der Waals surface area contributed by atoms with Gasteiger partial charge in [-0.05, 0) is 24.5 Å². The standard InChI is InChI=1S/C14H23N5/c1-10-8-12(10)18-14(15-2)16-9-11-6-5-7-13(17-11)19(3)4/h5-7,10,12H,8-9H2,1-4H3,(H2,15,16,18). The van der Waals surface area contributed by atoms with Gasteiger partial charge in [0, 0.05) is 27.2 Å². The maximum Gasteiger partial charge on any atom is 0.191 e. The monoisotopic (exact) mass is 261 g/mol. The molecule has 1 saturated carbocycles. The molecule has 104 valence electrons. The van der Waals surface area contributed by atoms with E-state index >= 15 is 0 Å². The van der Waals surface area contributed by atoms with Gasteiger partial charge in [0.2, 0.25) is 0 Å². The van der Waals surface area contributed by atoms with Gasteiger partial charge in [-0.15, -0.1) is 0 Å². The minimum Gasteiger partial charge on any atom is -0.363 e. The van der Waals surface area contributed by atoms with E-state index in [1.165, 1.54) is 6.42 Å². The molecule has 0 amide bonds. The summed E-state index contributed by atoms with van der Waals surface area (Å²) in [5.74, 6) is 2.58. The lowest BCUT2D eigenvalue weighted by Gasteiger charge is -2.14. The largest absolute Gasteiger partial charge is 0.363 e. The molecule has 0 aliphatic heterocycles. The Balaban J connectivity index is 1.88. The van der Waals surface area contributed by atoms with Crippen molar-refractivity contribution in [3.63, 3.8) is 0 Å². The van der Waals surface area contributed by atoms with Crippen LogP contribution in [0, 0.1) is 5.92 Å². The molecule has 0 aromatic carbocycles. The lowest BCUT2D eigenvalue weighted by Crippen LogP contribution is -2.38. The van der Waals surface area contributed by atoms with Gasteiger partial charge in [-0.1, -0.05) is 13.0 Å². The fourth-order valence-corrected chi connectivity index (χ4v) is 1.88. The van der Waals surface area contributed by atoms with Crippen LogP contribution < -0.4 is 15.5 Å². The van der Waals surface area contributed by atoms with Gasteiger partial charge in [0.05, 0.1) is 12.2 Å². The van der Waals surface area contributed by atoms with Gasteiger partial charge in [0.1, 0.15) is 5.82 Å². The van der Waals surface area contributed by atoms with Crippen molar-refractivity contribution in [3.8, 4) is 0 Å². The molecule has 1 aromatic rings. The van der Waals surface area contributed by atoms with Crippen molar-refractivity contribution in [2.24, 2.45) is 10.9 Å². The first kappa shape index (κ1) is 13.6. The highest BCUT2D eigenvalue weighted by Gasteiger charge is 2.33. The Labute approximate surface area is 115 Å². The van der Waals surface area contributed by atoms with Gasteiger partial charge in [0.25, 0.3) is 0 Å². The van der Waals surface area contributed by atoms with Gasteiger partial charge in [0.15, 0.2) is 5.96 Å². The van der Waals surface area contributed by atoms with E-state index in [1.807, 2.05) is 37.2 Å². The predicted octanol–water partition coefficient (Wildman–Crippen LogP) is 1.22. The lowest BCUT2D eigenvalue weighted by molar-refractivity contribution is 0.756. The number of guanidine groups is 1. The molecule has 1 fully saturated rings. The second-order valence-electron chi connectivity index (χ2n) is 5.27. The summed E-state index contributed by atoms with van der Waals surface area (Å²) in [6, 6.07) is 6.63. The topological polar surface area (TPSA) is 52.6 Å². The van der Waals surface area contributed by atoms with Crippen LogP contribution in [0.25, 0.3) is 0 Å². The van der Waals surface area contributed by atoms with Crippen molar-refractivity contribution < 1.29 is 0 Å². The number of pyridine rings is 1. The van der Waals surface area contributed by atoms with Crippen molar-refractivity contribution in [2.75, 3.05) is 26.0 Å². The Morgan fingerprint density at radius 2 is 2.21 bits per heavy atom. The zero-order chi connectivity index (χ0) is 13.8. The number of hydrogen-bond acceptors (Lipinski definition) is 3. The zero-order valence-electron chi connectivity index (χ0n) is 12.1. The van der Waals surface area contributed by atoms with Crippen molar-refractivity contribution in [3.05, 3.63) is 23.9 Å². The van der Waals surface area contributed by atoms with E-state index in [9.17, 15) is 0 Å². The Hall–Kier alpha value is -1.78. The number of aromatic nitrogens is 1. The van der Waals surface area contributed by atoms with Crippen molar-refractivity contribution in [1.29, 1.82) is 0 Å². The SMILES string of the molecule is CN=C(NCc1cccc(N(C)C)n1)NC1CC1C. The Morgan fingerprint density at radius 1 is 1.47 bits per heavy atom. The summed E-state index contributed by atoms with van der Waals surface area (Å²) in [5, 5.41) is 6.70. The Bertz CT molecular complexity index is 455. The number of nitrogens with one attached hydrogen (secondary N) is 2. The van der Waals surface area contributed by atoms with Crippen LogP contribution in [0.3, 0.4) is 0 Å². The van der Waals surface area contributed by atoms with Crippen LogP contribution in [0.1, 0.15) is 19.0 Å². The van der Waals surface area contributed by atoms with E-state index in [4.69, 9.17) is 0 Å². The van der Waals surface area contributed by atoms with Gasteiger partial charge < -0.3 is 15.5 Å². The van der Waals surface area contributed by atoms with Crippen molar-refractivity contribution >= 4 is 11.8 Å². The molecule has 0 radical (unpaired) electrons. The molecule has 1 aromatic heterocycles. The summed E-state index contributed by atoms with van der Waals surface area (Å²) in [7, 11) is 5.79. The van der Waals surface area contributed by atoms with Crippen molar-refractivity contribution in [2.45, 2.75) is 25.9 Å². The van der Waals surface area contributed by atoms with E-state index in [2.05, 4.69) is 27.5 Å². The van der Waals surface area contributed by atoms with E-state index in [0.29, 0.717) is 12.6 Å². The van der Waals surface area contributed by atoms with Crippen LogP contribution in [-0.4, -0.2) is 38.1 Å². The normalized spacial score (nSPS) is 22.0. The van der Waals surface area contributed by atoms with Crippen LogP contribution in [0.4, 0.5) is 5.82 Å². The van der Waals surface area contributed by atoms with E-state index in [1.54, 1.807) is 7.05 Å². The van der Waals surface area contributed by atoms with Gasteiger partial charge in [-0.2, -0.15) is 0 Å². The summed E-state index contributed by atoms with van der Waals surface area (Å²) in [5.41, 5.74) is 1.01. The molecule has 5 nitrogen and oxygen atoms in total. The maximum absolute atomic E-state index is 4.57. The summed E-state index contributed by atoms with van der Waals surface area (Å²) in [6.45, 7) is 2.93. The third-order valence-corrected chi connectivity index (χ3v) is 3.34. The first-order chi connectivity index (χ1) is 9.10. The molecule has 0 spiro atoms. The second kappa shape index (κ2) is 5.91. The second-order valence-corrected chi connectivity index (χ2v) is 5.27. The lowest BCUT2D eigenvalue weighted by atomic mass is 10.3.